The van der Waals surface area contributed by atoms with Crippen molar-refractivity contribution in [1.29, 1.82) is 0 Å². The number of hydrogen-bond acceptors (Lipinski definition) is 4. The molecule has 0 saturated carbocycles. The molecule has 0 spiro atoms. The number of benzene rings is 1. The molecule has 1 aromatic carbocycles. The normalized spacial score (nSPS) is 12.6. The monoisotopic (exact) mass is 249 g/mol. The van der Waals surface area contributed by atoms with Gasteiger partial charge in [0, 0.05) is 6.04 Å². The maximum absolute atomic E-state index is 11.3. The number of aromatic nitrogens is 2. The lowest BCUT2D eigenvalue weighted by Crippen LogP contribution is -2.20. The van der Waals surface area contributed by atoms with Gasteiger partial charge in [0.1, 0.15) is 0 Å². The fourth-order valence-electron chi connectivity index (χ4n) is 1.90. The van der Waals surface area contributed by atoms with E-state index in [9.17, 15) is 9.59 Å². The first kappa shape index (κ1) is 12.4. The Morgan fingerprint density at radius 3 is 2.78 bits per heavy atom. The summed E-state index contributed by atoms with van der Waals surface area (Å²) >= 11 is 0. The van der Waals surface area contributed by atoms with Crippen LogP contribution in [0.25, 0.3) is 11.0 Å². The number of rotatable bonds is 4. The van der Waals surface area contributed by atoms with Crippen LogP contribution >= 0.6 is 0 Å². The van der Waals surface area contributed by atoms with Crippen molar-refractivity contribution in [2.75, 3.05) is 14.2 Å². The van der Waals surface area contributed by atoms with Crippen molar-refractivity contribution >= 4 is 17.0 Å². The van der Waals surface area contributed by atoms with Gasteiger partial charge in [-0.25, -0.2) is 4.79 Å². The van der Waals surface area contributed by atoms with Crippen LogP contribution in [0, 0.1) is 0 Å². The lowest BCUT2D eigenvalue weighted by atomic mass is 10.0. The second-order valence-electron chi connectivity index (χ2n) is 4.01. The van der Waals surface area contributed by atoms with Crippen molar-refractivity contribution in [2.45, 2.75) is 12.5 Å². The van der Waals surface area contributed by atoms with E-state index in [4.69, 9.17) is 0 Å². The Morgan fingerprint density at radius 1 is 1.39 bits per heavy atom. The van der Waals surface area contributed by atoms with Crippen molar-refractivity contribution in [3.05, 3.63) is 34.2 Å². The topological polar surface area (TPSA) is 87.0 Å². The van der Waals surface area contributed by atoms with Crippen molar-refractivity contribution in [3.63, 3.8) is 0 Å². The van der Waals surface area contributed by atoms with Crippen molar-refractivity contribution in [3.8, 4) is 0 Å². The third kappa shape index (κ3) is 2.43. The number of nitrogens with one attached hydrogen (secondary N) is 3. The van der Waals surface area contributed by atoms with Crippen LogP contribution in [0.1, 0.15) is 18.0 Å². The molecule has 6 nitrogen and oxygen atoms in total. The molecule has 1 heterocycles. The summed E-state index contributed by atoms with van der Waals surface area (Å²) in [6, 6.07) is 5.39. The van der Waals surface area contributed by atoms with Gasteiger partial charge in [0.05, 0.1) is 24.6 Å². The highest BCUT2D eigenvalue weighted by molar-refractivity contribution is 5.76. The first-order valence-corrected chi connectivity index (χ1v) is 5.60. The zero-order valence-electron chi connectivity index (χ0n) is 10.2. The van der Waals surface area contributed by atoms with E-state index >= 15 is 0 Å². The summed E-state index contributed by atoms with van der Waals surface area (Å²) in [5.74, 6) is -0.281. The van der Waals surface area contributed by atoms with E-state index in [2.05, 4.69) is 20.0 Å². The van der Waals surface area contributed by atoms with Gasteiger partial charge in [0.15, 0.2) is 0 Å². The molecule has 0 aliphatic carbocycles. The van der Waals surface area contributed by atoms with Crippen LogP contribution in [0.3, 0.4) is 0 Å². The van der Waals surface area contributed by atoms with E-state index < -0.39 is 0 Å². The van der Waals surface area contributed by atoms with Crippen molar-refractivity contribution in [2.24, 2.45) is 0 Å². The summed E-state index contributed by atoms with van der Waals surface area (Å²) in [6.45, 7) is 0. The average molecular weight is 249 g/mol. The maximum atomic E-state index is 11.3. The highest BCUT2D eigenvalue weighted by atomic mass is 16.5. The predicted molar refractivity (Wildman–Crippen MR) is 67.4 cm³/mol. The van der Waals surface area contributed by atoms with Gasteiger partial charge in [-0.15, -0.1) is 0 Å². The van der Waals surface area contributed by atoms with E-state index in [1.807, 2.05) is 18.2 Å². The number of imidazole rings is 1. The maximum Gasteiger partial charge on any atom is 0.323 e. The Balaban J connectivity index is 2.32. The van der Waals surface area contributed by atoms with Gasteiger partial charge >= 0.3 is 11.7 Å². The number of hydrogen-bond donors (Lipinski definition) is 3. The largest absolute Gasteiger partial charge is 0.469 e. The number of carbonyl (C=O) groups excluding carboxylic acids is 1. The quantitative estimate of drug-likeness (QED) is 0.695. The molecule has 6 heteroatoms. The number of H-pyrrole nitrogens is 2. The molecule has 0 radical (unpaired) electrons. The summed E-state index contributed by atoms with van der Waals surface area (Å²) < 4.78 is 4.65. The van der Waals surface area contributed by atoms with Gasteiger partial charge in [-0.05, 0) is 24.7 Å². The fourth-order valence-corrected chi connectivity index (χ4v) is 1.90. The molecule has 0 bridgehead atoms. The third-order valence-corrected chi connectivity index (χ3v) is 2.89. The fraction of sp³-hybridized carbons (Fsp3) is 0.333. The van der Waals surface area contributed by atoms with Gasteiger partial charge < -0.3 is 20.0 Å². The van der Waals surface area contributed by atoms with Crippen LogP contribution in [0.2, 0.25) is 0 Å². The second kappa shape index (κ2) is 5.05. The summed E-state index contributed by atoms with van der Waals surface area (Å²) in [5, 5.41) is 3.05. The standard InChI is InChI=1S/C12H15N3O3/c1-13-9(6-11(16)18-2)7-3-4-8-10(5-7)15-12(17)14-8/h3-5,9,13H,6H2,1-2H3,(H2,14,15,17). The van der Waals surface area contributed by atoms with E-state index in [0.29, 0.717) is 0 Å². The molecular formula is C12H15N3O3. The number of fused-ring (bicyclic) bond motifs is 1. The Kier molecular flexibility index (Phi) is 3.47. The minimum Gasteiger partial charge on any atom is -0.469 e. The predicted octanol–water partition coefficient (Wildman–Crippen LogP) is 0.680. The molecule has 1 atom stereocenters. The number of esters is 1. The third-order valence-electron chi connectivity index (χ3n) is 2.89. The smallest absolute Gasteiger partial charge is 0.323 e. The Hall–Kier alpha value is -2.08. The lowest BCUT2D eigenvalue weighted by Gasteiger charge is -2.15. The van der Waals surface area contributed by atoms with E-state index in [1.54, 1.807) is 7.05 Å². The van der Waals surface area contributed by atoms with Crippen LogP contribution < -0.4 is 11.0 Å². The van der Waals surface area contributed by atoms with Gasteiger partial charge in [-0.1, -0.05) is 6.07 Å². The van der Waals surface area contributed by atoms with E-state index in [0.717, 1.165) is 16.6 Å². The van der Waals surface area contributed by atoms with Crippen LogP contribution in [-0.2, 0) is 9.53 Å². The Labute approximate surface area is 103 Å². The molecule has 1 aromatic heterocycles. The number of carbonyl (C=O) groups is 1. The molecule has 3 N–H and O–H groups in total. The van der Waals surface area contributed by atoms with Crippen LogP contribution in [0.4, 0.5) is 0 Å². The summed E-state index contributed by atoms with van der Waals surface area (Å²) in [7, 11) is 3.14. The molecule has 1 unspecified atom stereocenters. The van der Waals surface area contributed by atoms with Gasteiger partial charge in [0.25, 0.3) is 0 Å². The SMILES string of the molecule is CNC(CC(=O)OC)c1ccc2[nH]c(=O)[nH]c2c1. The molecule has 0 aliphatic rings. The highest BCUT2D eigenvalue weighted by Crippen LogP contribution is 2.20. The molecule has 0 fully saturated rings. The van der Waals surface area contributed by atoms with Crippen LogP contribution in [0.15, 0.2) is 23.0 Å². The molecule has 18 heavy (non-hydrogen) atoms. The zero-order chi connectivity index (χ0) is 13.1. The number of aromatic amines is 2. The Bertz CT molecular complexity index is 614. The molecule has 2 aromatic rings. The summed E-state index contributed by atoms with van der Waals surface area (Å²) in [5.41, 5.74) is 2.15. The minimum atomic E-state index is -0.281. The summed E-state index contributed by atoms with van der Waals surface area (Å²) in [6.07, 6.45) is 0.243. The van der Waals surface area contributed by atoms with Crippen molar-refractivity contribution in [1.82, 2.24) is 15.3 Å². The second-order valence-corrected chi connectivity index (χ2v) is 4.01. The van der Waals surface area contributed by atoms with Gasteiger partial charge in [0.2, 0.25) is 0 Å². The molecule has 2 rings (SSSR count). The van der Waals surface area contributed by atoms with Crippen molar-refractivity contribution < 1.29 is 9.53 Å². The average Bonchev–Trinajstić information content (AvgIpc) is 2.74. The molecule has 0 amide bonds. The molecule has 0 aliphatic heterocycles. The van der Waals surface area contributed by atoms with Gasteiger partial charge in [-0.3, -0.25) is 4.79 Å². The molecular weight excluding hydrogens is 234 g/mol. The molecule has 96 valence electrons. The van der Waals surface area contributed by atoms with Crippen LogP contribution in [-0.4, -0.2) is 30.1 Å². The van der Waals surface area contributed by atoms with Gasteiger partial charge in [-0.2, -0.15) is 0 Å². The van der Waals surface area contributed by atoms with E-state index in [-0.39, 0.29) is 24.1 Å². The van der Waals surface area contributed by atoms with E-state index in [1.165, 1.54) is 7.11 Å². The Morgan fingerprint density at radius 2 is 2.11 bits per heavy atom. The minimum absolute atomic E-state index is 0.139. The number of methoxy groups -OCH3 is 1. The van der Waals surface area contributed by atoms with Crippen LogP contribution in [0.5, 0.6) is 0 Å². The lowest BCUT2D eigenvalue weighted by molar-refractivity contribution is -0.141. The highest BCUT2D eigenvalue weighted by Gasteiger charge is 2.15. The summed E-state index contributed by atoms with van der Waals surface area (Å²) in [4.78, 5) is 27.8. The number of ether oxygens (including phenoxy) is 1. The first-order valence-electron chi connectivity index (χ1n) is 5.60. The zero-order valence-corrected chi connectivity index (χ0v) is 10.2. The molecule has 0 saturated heterocycles. The first-order chi connectivity index (χ1) is 8.63.